The molecule has 0 spiro atoms. The summed E-state index contributed by atoms with van der Waals surface area (Å²) in [6, 6.07) is 13.0. The molecule has 0 bridgehead atoms. The Bertz CT molecular complexity index is 665. The lowest BCUT2D eigenvalue weighted by molar-refractivity contribution is 0.0514. The molecule has 0 aliphatic rings. The summed E-state index contributed by atoms with van der Waals surface area (Å²) in [5.41, 5.74) is 1.36. The Hall–Kier alpha value is -2.56. The van der Waals surface area contributed by atoms with Crippen LogP contribution in [-0.2, 0) is 4.74 Å². The Morgan fingerprint density at radius 1 is 1.19 bits per heavy atom. The third-order valence-corrected chi connectivity index (χ3v) is 3.13. The number of benzene rings is 1. The fourth-order valence-electron chi connectivity index (χ4n) is 1.90. The Balaban J connectivity index is 1.89. The topological polar surface area (TPSA) is 62.4 Å². The Morgan fingerprint density at radius 2 is 1.90 bits per heavy atom. The van der Waals surface area contributed by atoms with Crippen LogP contribution in [0.3, 0.4) is 0 Å². The van der Waals surface area contributed by atoms with E-state index >= 15 is 0 Å². The third kappa shape index (κ3) is 3.95. The summed E-state index contributed by atoms with van der Waals surface area (Å²) >= 11 is 0. The Kier molecular flexibility index (Phi) is 4.77. The van der Waals surface area contributed by atoms with Crippen molar-refractivity contribution in [1.29, 1.82) is 0 Å². The summed E-state index contributed by atoms with van der Waals surface area (Å²) in [6.45, 7) is 2.53. The Morgan fingerprint density at radius 3 is 2.57 bits per heavy atom. The largest absolute Gasteiger partial charge is 0.460 e. The number of aromatic nitrogens is 1. The fourth-order valence-corrected chi connectivity index (χ4v) is 1.90. The number of para-hydroxylation sites is 1. The van der Waals surface area contributed by atoms with Gasteiger partial charge in [-0.15, -0.1) is 0 Å². The van der Waals surface area contributed by atoms with Gasteiger partial charge >= 0.3 is 5.97 Å². The van der Waals surface area contributed by atoms with Gasteiger partial charge < -0.3 is 14.6 Å². The summed E-state index contributed by atoms with van der Waals surface area (Å²) in [5.74, 6) is -0.599. The summed E-state index contributed by atoms with van der Waals surface area (Å²) in [6.07, 6.45) is 0. The summed E-state index contributed by atoms with van der Waals surface area (Å²) in [4.78, 5) is 28.0. The van der Waals surface area contributed by atoms with Crippen molar-refractivity contribution < 1.29 is 9.53 Å². The second kappa shape index (κ2) is 6.74. The van der Waals surface area contributed by atoms with E-state index in [1.807, 2.05) is 42.3 Å². The first-order valence-corrected chi connectivity index (χ1v) is 6.71. The minimum atomic E-state index is -0.599. The number of likely N-dealkylation sites (N-methyl/N-ethyl adjacent to an activating group) is 1. The van der Waals surface area contributed by atoms with Crippen LogP contribution < -0.4 is 10.5 Å². The molecule has 0 saturated carbocycles. The summed E-state index contributed by atoms with van der Waals surface area (Å²) in [5, 5.41) is 0. The average molecular weight is 286 g/mol. The van der Waals surface area contributed by atoms with E-state index in [1.54, 1.807) is 13.0 Å². The molecule has 1 aromatic heterocycles. The van der Waals surface area contributed by atoms with Crippen LogP contribution >= 0.6 is 0 Å². The number of aromatic amines is 1. The summed E-state index contributed by atoms with van der Waals surface area (Å²) in [7, 11) is 1.92. The number of aryl methyl sites for hydroxylation is 1. The predicted octanol–water partition coefficient (Wildman–Crippen LogP) is 1.98. The van der Waals surface area contributed by atoms with Gasteiger partial charge in [0.05, 0.1) is 6.54 Å². The number of anilines is 1. The highest BCUT2D eigenvalue weighted by Crippen LogP contribution is 2.10. The maximum absolute atomic E-state index is 11.8. The van der Waals surface area contributed by atoms with E-state index in [2.05, 4.69) is 4.98 Å². The molecule has 2 aromatic rings. The monoisotopic (exact) mass is 286 g/mol. The number of rotatable bonds is 5. The molecule has 0 aliphatic carbocycles. The van der Waals surface area contributed by atoms with Gasteiger partial charge in [0.15, 0.2) is 0 Å². The molecule has 0 aliphatic heterocycles. The van der Waals surface area contributed by atoms with Crippen LogP contribution in [0.1, 0.15) is 16.1 Å². The van der Waals surface area contributed by atoms with E-state index in [0.717, 1.165) is 5.69 Å². The van der Waals surface area contributed by atoms with Gasteiger partial charge in [0.1, 0.15) is 12.2 Å². The number of esters is 1. The molecule has 5 heteroatoms. The molecule has 0 fully saturated rings. The highest BCUT2D eigenvalue weighted by Gasteiger charge is 2.12. The second-order valence-corrected chi connectivity index (χ2v) is 4.78. The number of ether oxygens (including phenoxy) is 1. The molecule has 1 aromatic carbocycles. The highest BCUT2D eigenvalue weighted by molar-refractivity contribution is 5.88. The van der Waals surface area contributed by atoms with Crippen LogP contribution in [0.15, 0.2) is 47.3 Å². The number of nitrogens with one attached hydrogen (secondary N) is 1. The zero-order valence-electron chi connectivity index (χ0n) is 12.1. The highest BCUT2D eigenvalue weighted by atomic mass is 16.5. The first-order chi connectivity index (χ1) is 10.1. The van der Waals surface area contributed by atoms with Gasteiger partial charge in [-0.25, -0.2) is 4.79 Å². The van der Waals surface area contributed by atoms with Gasteiger partial charge in [-0.1, -0.05) is 18.2 Å². The van der Waals surface area contributed by atoms with E-state index in [-0.39, 0.29) is 12.2 Å². The van der Waals surface area contributed by atoms with Crippen molar-refractivity contribution in [3.63, 3.8) is 0 Å². The number of H-pyrrole nitrogens is 1. The summed E-state index contributed by atoms with van der Waals surface area (Å²) < 4.78 is 5.14. The van der Waals surface area contributed by atoms with Crippen molar-refractivity contribution in [1.82, 2.24) is 4.98 Å². The van der Waals surface area contributed by atoms with Gasteiger partial charge in [0.25, 0.3) is 5.56 Å². The van der Waals surface area contributed by atoms with Crippen molar-refractivity contribution in [3.05, 3.63) is 64.1 Å². The molecule has 1 heterocycles. The molecule has 0 saturated heterocycles. The minimum absolute atomic E-state index is 0.0305. The lowest BCUT2D eigenvalue weighted by Crippen LogP contribution is -2.26. The molecule has 0 radical (unpaired) electrons. The molecule has 110 valence electrons. The molecule has 1 N–H and O–H groups in total. The molecule has 0 unspecified atom stereocenters. The molecule has 5 nitrogen and oxygen atoms in total. The molecule has 2 rings (SSSR count). The molecule has 21 heavy (non-hydrogen) atoms. The number of carbonyl (C=O) groups is 1. The van der Waals surface area contributed by atoms with Gasteiger partial charge in [0.2, 0.25) is 0 Å². The van der Waals surface area contributed by atoms with E-state index in [0.29, 0.717) is 12.2 Å². The normalized spacial score (nSPS) is 10.2. The number of carbonyl (C=O) groups excluding carboxylic acids is 1. The van der Waals surface area contributed by atoms with Crippen LogP contribution in [0.25, 0.3) is 0 Å². The number of nitrogens with zero attached hydrogens (tertiary/aromatic N) is 1. The molecular formula is C16H18N2O3. The van der Waals surface area contributed by atoms with Gasteiger partial charge in [0, 0.05) is 18.4 Å². The van der Waals surface area contributed by atoms with Gasteiger partial charge in [-0.05, 0) is 31.2 Å². The van der Waals surface area contributed by atoms with Crippen LogP contribution in [0.4, 0.5) is 5.69 Å². The molecular weight excluding hydrogens is 268 g/mol. The molecule has 0 atom stereocenters. The maximum atomic E-state index is 11.8. The predicted molar refractivity (Wildman–Crippen MR) is 81.8 cm³/mol. The van der Waals surface area contributed by atoms with E-state index < -0.39 is 11.5 Å². The average Bonchev–Trinajstić information content (AvgIpc) is 2.47. The number of pyridine rings is 1. The van der Waals surface area contributed by atoms with E-state index in [4.69, 9.17) is 4.74 Å². The van der Waals surface area contributed by atoms with Crippen molar-refractivity contribution >= 4 is 11.7 Å². The fraction of sp³-hybridized carbons (Fsp3) is 0.250. The van der Waals surface area contributed by atoms with Gasteiger partial charge in [-0.2, -0.15) is 0 Å². The first-order valence-electron chi connectivity index (χ1n) is 6.71. The van der Waals surface area contributed by atoms with Crippen molar-refractivity contribution in [2.24, 2.45) is 0 Å². The van der Waals surface area contributed by atoms with Crippen LogP contribution in [0.5, 0.6) is 0 Å². The van der Waals surface area contributed by atoms with Crippen LogP contribution in [0, 0.1) is 6.92 Å². The number of hydrogen-bond donors (Lipinski definition) is 1. The van der Waals surface area contributed by atoms with Gasteiger partial charge in [-0.3, -0.25) is 4.79 Å². The lowest BCUT2D eigenvalue weighted by atomic mass is 10.2. The quantitative estimate of drug-likeness (QED) is 0.854. The lowest BCUT2D eigenvalue weighted by Gasteiger charge is -2.18. The van der Waals surface area contributed by atoms with Crippen LogP contribution in [0.2, 0.25) is 0 Å². The second-order valence-electron chi connectivity index (χ2n) is 4.78. The standard InChI is InChI=1S/C16H18N2O3/c1-12-8-9-14(15(19)17-12)16(20)21-11-10-18(2)13-6-4-3-5-7-13/h3-9H,10-11H2,1-2H3,(H,17,19). The van der Waals surface area contributed by atoms with Crippen molar-refractivity contribution in [3.8, 4) is 0 Å². The SMILES string of the molecule is Cc1ccc(C(=O)OCCN(C)c2ccccc2)c(=O)[nH]1. The first kappa shape index (κ1) is 14.8. The van der Waals surface area contributed by atoms with Crippen molar-refractivity contribution in [2.75, 3.05) is 25.1 Å². The zero-order chi connectivity index (χ0) is 15.2. The van der Waals surface area contributed by atoms with E-state index in [1.165, 1.54) is 6.07 Å². The third-order valence-electron chi connectivity index (χ3n) is 3.13. The maximum Gasteiger partial charge on any atom is 0.343 e. The zero-order valence-corrected chi connectivity index (χ0v) is 12.1. The number of hydrogen-bond acceptors (Lipinski definition) is 4. The van der Waals surface area contributed by atoms with E-state index in [9.17, 15) is 9.59 Å². The Labute approximate surface area is 123 Å². The van der Waals surface area contributed by atoms with Crippen molar-refractivity contribution in [2.45, 2.75) is 6.92 Å². The smallest absolute Gasteiger partial charge is 0.343 e. The van der Waals surface area contributed by atoms with Crippen LogP contribution in [-0.4, -0.2) is 31.2 Å². The molecule has 0 amide bonds. The minimum Gasteiger partial charge on any atom is -0.460 e.